The van der Waals surface area contributed by atoms with Gasteiger partial charge in [0.05, 0.1) is 0 Å². The van der Waals surface area contributed by atoms with Gasteiger partial charge in [-0.3, -0.25) is 0 Å². The van der Waals surface area contributed by atoms with Crippen molar-refractivity contribution in [1.29, 1.82) is 0 Å². The second-order valence-electron chi connectivity index (χ2n) is 4.95. The molecule has 1 aromatic carbocycles. The highest BCUT2D eigenvalue weighted by molar-refractivity contribution is 14.0. The molecule has 1 aliphatic rings. The van der Waals surface area contributed by atoms with Crippen LogP contribution in [0.25, 0.3) is 0 Å². The second kappa shape index (κ2) is 9.95. The Morgan fingerprint density at radius 3 is 2.82 bits per heavy atom. The van der Waals surface area contributed by atoms with E-state index in [0.29, 0.717) is 12.6 Å². The van der Waals surface area contributed by atoms with Crippen molar-refractivity contribution in [1.82, 2.24) is 10.6 Å². The molecule has 22 heavy (non-hydrogen) atoms. The van der Waals surface area contributed by atoms with Crippen molar-refractivity contribution >= 4 is 51.6 Å². The number of rotatable bonds is 4. The standard InChI is InChI=1S/C16H21BrN4.HI/c1-3-10-19-16(18-4-2)20-14-9-11-21(12-14)15-7-5-13(17)6-8-15;/h1,5-8,14H,4,9-12H2,2H3,(H2,18,19,20);1H. The van der Waals surface area contributed by atoms with Crippen molar-refractivity contribution < 1.29 is 0 Å². The molecule has 1 aromatic rings. The summed E-state index contributed by atoms with van der Waals surface area (Å²) in [5.74, 6) is 3.34. The smallest absolute Gasteiger partial charge is 0.192 e. The highest BCUT2D eigenvalue weighted by Crippen LogP contribution is 2.22. The van der Waals surface area contributed by atoms with Crippen molar-refractivity contribution in [3.05, 3.63) is 28.7 Å². The number of nitrogens with zero attached hydrogens (tertiary/aromatic N) is 2. The average molecular weight is 477 g/mol. The van der Waals surface area contributed by atoms with Crippen LogP contribution in [-0.4, -0.2) is 38.2 Å². The quantitative estimate of drug-likeness (QED) is 0.304. The molecule has 0 amide bonds. The SMILES string of the molecule is C#CCN=C(NCC)NC1CCN(c2ccc(Br)cc2)C1.I. The van der Waals surface area contributed by atoms with E-state index in [1.165, 1.54) is 5.69 Å². The number of guanidine groups is 1. The Morgan fingerprint density at radius 1 is 1.45 bits per heavy atom. The Morgan fingerprint density at radius 2 is 2.18 bits per heavy atom. The maximum absolute atomic E-state index is 5.27. The van der Waals surface area contributed by atoms with Crippen LogP contribution in [0.4, 0.5) is 5.69 Å². The highest BCUT2D eigenvalue weighted by atomic mass is 127. The third-order valence-corrected chi connectivity index (χ3v) is 3.92. The topological polar surface area (TPSA) is 39.7 Å². The molecule has 0 aliphatic carbocycles. The number of hydrogen-bond donors (Lipinski definition) is 2. The van der Waals surface area contributed by atoms with Gasteiger partial charge in [-0.1, -0.05) is 21.9 Å². The Hall–Kier alpha value is -0.940. The normalized spacial score (nSPS) is 17.6. The lowest BCUT2D eigenvalue weighted by Crippen LogP contribution is -2.44. The van der Waals surface area contributed by atoms with Crippen molar-refractivity contribution in [3.8, 4) is 12.3 Å². The van der Waals surface area contributed by atoms with Crippen LogP contribution < -0.4 is 15.5 Å². The largest absolute Gasteiger partial charge is 0.369 e. The van der Waals surface area contributed by atoms with Crippen molar-refractivity contribution in [2.75, 3.05) is 31.1 Å². The molecule has 1 aliphatic heterocycles. The van der Waals surface area contributed by atoms with Gasteiger partial charge in [0.25, 0.3) is 0 Å². The Balaban J connectivity index is 0.00000242. The van der Waals surface area contributed by atoms with Crippen molar-refractivity contribution in [2.24, 2.45) is 4.99 Å². The molecule has 1 atom stereocenters. The Kier molecular flexibility index (Phi) is 8.64. The number of anilines is 1. The molecular weight excluding hydrogens is 455 g/mol. The van der Waals surface area contributed by atoms with Gasteiger partial charge >= 0.3 is 0 Å². The van der Waals surface area contributed by atoms with Crippen LogP contribution in [0.2, 0.25) is 0 Å². The van der Waals surface area contributed by atoms with Crippen LogP contribution in [0, 0.1) is 12.3 Å². The molecule has 4 nitrogen and oxygen atoms in total. The summed E-state index contributed by atoms with van der Waals surface area (Å²) in [5.41, 5.74) is 1.26. The summed E-state index contributed by atoms with van der Waals surface area (Å²) in [4.78, 5) is 6.72. The molecule has 0 saturated carbocycles. The lowest BCUT2D eigenvalue weighted by atomic mass is 10.3. The monoisotopic (exact) mass is 476 g/mol. The number of halogens is 2. The molecule has 2 rings (SSSR count). The van der Waals surface area contributed by atoms with E-state index in [4.69, 9.17) is 6.42 Å². The predicted molar refractivity (Wildman–Crippen MR) is 108 cm³/mol. The number of nitrogens with one attached hydrogen (secondary N) is 2. The van der Waals surface area contributed by atoms with Gasteiger partial charge in [0.15, 0.2) is 5.96 Å². The molecule has 1 saturated heterocycles. The predicted octanol–water partition coefficient (Wildman–Crippen LogP) is 2.83. The molecule has 0 radical (unpaired) electrons. The number of benzene rings is 1. The minimum atomic E-state index is 0. The lowest BCUT2D eigenvalue weighted by molar-refractivity contribution is 0.651. The van der Waals surface area contributed by atoms with Gasteiger partial charge < -0.3 is 15.5 Å². The summed E-state index contributed by atoms with van der Waals surface area (Å²) < 4.78 is 1.11. The number of hydrogen-bond acceptors (Lipinski definition) is 2. The molecule has 0 spiro atoms. The lowest BCUT2D eigenvalue weighted by Gasteiger charge is -2.20. The third kappa shape index (κ3) is 5.69. The first-order chi connectivity index (χ1) is 10.2. The first kappa shape index (κ1) is 19.1. The average Bonchev–Trinajstić information content (AvgIpc) is 2.94. The van der Waals surface area contributed by atoms with E-state index in [9.17, 15) is 0 Å². The summed E-state index contributed by atoms with van der Waals surface area (Å²) in [6.07, 6.45) is 6.36. The van der Waals surface area contributed by atoms with E-state index in [0.717, 1.165) is 36.5 Å². The van der Waals surface area contributed by atoms with E-state index >= 15 is 0 Å². The van der Waals surface area contributed by atoms with Gasteiger partial charge in [0.2, 0.25) is 0 Å². The van der Waals surface area contributed by atoms with Crippen LogP contribution in [0.1, 0.15) is 13.3 Å². The summed E-state index contributed by atoms with van der Waals surface area (Å²) in [6, 6.07) is 8.83. The fourth-order valence-electron chi connectivity index (χ4n) is 2.40. The minimum absolute atomic E-state index is 0. The molecule has 6 heteroatoms. The van der Waals surface area contributed by atoms with Gasteiger partial charge in [-0.2, -0.15) is 0 Å². The number of aliphatic imine (C=N–C) groups is 1. The van der Waals surface area contributed by atoms with Crippen LogP contribution >= 0.6 is 39.9 Å². The summed E-state index contributed by atoms with van der Waals surface area (Å²) in [5, 5.41) is 6.68. The van der Waals surface area contributed by atoms with E-state index in [2.05, 4.69) is 73.6 Å². The van der Waals surface area contributed by atoms with Crippen LogP contribution in [-0.2, 0) is 0 Å². The third-order valence-electron chi connectivity index (χ3n) is 3.39. The summed E-state index contributed by atoms with van der Waals surface area (Å²) in [7, 11) is 0. The zero-order chi connectivity index (χ0) is 15.1. The zero-order valence-corrected chi connectivity index (χ0v) is 16.6. The van der Waals surface area contributed by atoms with Gasteiger partial charge in [0.1, 0.15) is 6.54 Å². The van der Waals surface area contributed by atoms with E-state index < -0.39 is 0 Å². The molecule has 120 valence electrons. The number of terminal acetylenes is 1. The van der Waals surface area contributed by atoms with E-state index in [1.54, 1.807) is 0 Å². The second-order valence-corrected chi connectivity index (χ2v) is 5.87. The molecule has 1 unspecified atom stereocenters. The van der Waals surface area contributed by atoms with E-state index in [-0.39, 0.29) is 24.0 Å². The van der Waals surface area contributed by atoms with Crippen molar-refractivity contribution in [3.63, 3.8) is 0 Å². The fraction of sp³-hybridized carbons (Fsp3) is 0.438. The highest BCUT2D eigenvalue weighted by Gasteiger charge is 2.23. The molecule has 1 heterocycles. The van der Waals surface area contributed by atoms with Gasteiger partial charge in [-0.05, 0) is 37.6 Å². The first-order valence-electron chi connectivity index (χ1n) is 7.21. The molecule has 2 N–H and O–H groups in total. The molecule has 0 aromatic heterocycles. The summed E-state index contributed by atoms with van der Waals surface area (Å²) >= 11 is 3.47. The van der Waals surface area contributed by atoms with E-state index in [1.807, 2.05) is 0 Å². The maximum Gasteiger partial charge on any atom is 0.192 e. The van der Waals surface area contributed by atoms with Gasteiger partial charge in [0, 0.05) is 35.8 Å². The molecule has 0 bridgehead atoms. The van der Waals surface area contributed by atoms with Crippen molar-refractivity contribution in [2.45, 2.75) is 19.4 Å². The van der Waals surface area contributed by atoms with Gasteiger partial charge in [-0.15, -0.1) is 30.4 Å². The zero-order valence-electron chi connectivity index (χ0n) is 12.7. The minimum Gasteiger partial charge on any atom is -0.369 e. The summed E-state index contributed by atoms with van der Waals surface area (Å²) in [6.45, 7) is 5.31. The first-order valence-corrected chi connectivity index (χ1v) is 8.01. The van der Waals surface area contributed by atoms with Gasteiger partial charge in [-0.25, -0.2) is 4.99 Å². The maximum atomic E-state index is 5.27. The molecule has 1 fully saturated rings. The Bertz CT molecular complexity index is 524. The van der Waals surface area contributed by atoms with Crippen LogP contribution in [0.15, 0.2) is 33.7 Å². The van der Waals surface area contributed by atoms with Crippen LogP contribution in [0.3, 0.4) is 0 Å². The fourth-order valence-corrected chi connectivity index (χ4v) is 2.67. The Labute approximate surface area is 158 Å². The molecular formula is C16H22BrIN4. The van der Waals surface area contributed by atoms with Crippen LogP contribution in [0.5, 0.6) is 0 Å².